The van der Waals surface area contributed by atoms with Crippen molar-refractivity contribution in [3.05, 3.63) is 28.7 Å². The van der Waals surface area contributed by atoms with Crippen LogP contribution in [0.2, 0.25) is 0 Å². The minimum Gasteiger partial charge on any atom is -0.466 e. The molecular formula is C15H19BrO4. The predicted molar refractivity (Wildman–Crippen MR) is 79.5 cm³/mol. The highest BCUT2D eigenvalue weighted by atomic mass is 79.9. The Balaban J connectivity index is 2.17. The van der Waals surface area contributed by atoms with Gasteiger partial charge in [0.05, 0.1) is 6.61 Å². The monoisotopic (exact) mass is 342 g/mol. The normalized spacial score (nSPS) is 10.1. The molecule has 0 saturated carbocycles. The Hall–Kier alpha value is -1.36. The highest BCUT2D eigenvalue weighted by Gasteiger charge is 2.08. The lowest BCUT2D eigenvalue weighted by molar-refractivity contribution is -0.144. The first-order valence-corrected chi connectivity index (χ1v) is 7.53. The van der Waals surface area contributed by atoms with E-state index in [4.69, 9.17) is 9.47 Å². The molecule has 1 aromatic rings. The van der Waals surface area contributed by atoms with Crippen molar-refractivity contribution in [1.82, 2.24) is 0 Å². The maximum Gasteiger partial charge on any atom is 0.311 e. The Kier molecular flexibility index (Phi) is 7.95. The van der Waals surface area contributed by atoms with E-state index in [1.807, 2.05) is 6.92 Å². The zero-order valence-corrected chi connectivity index (χ0v) is 13.1. The Morgan fingerprint density at radius 1 is 1.05 bits per heavy atom. The molecule has 0 aliphatic rings. The summed E-state index contributed by atoms with van der Waals surface area (Å²) in [6, 6.07) is 7.02. The Labute approximate surface area is 127 Å². The van der Waals surface area contributed by atoms with E-state index in [1.165, 1.54) is 0 Å². The molecule has 1 rings (SSSR count). The summed E-state index contributed by atoms with van der Waals surface area (Å²) in [4.78, 5) is 22.9. The quantitative estimate of drug-likeness (QED) is 0.408. The van der Waals surface area contributed by atoms with Crippen molar-refractivity contribution in [2.75, 3.05) is 6.61 Å². The number of carbonyl (C=O) groups is 2. The third-order valence-corrected chi connectivity index (χ3v) is 3.10. The van der Waals surface area contributed by atoms with Crippen molar-refractivity contribution in [2.45, 2.75) is 39.0 Å². The van der Waals surface area contributed by atoms with Crippen LogP contribution in [0.4, 0.5) is 0 Å². The molecule has 20 heavy (non-hydrogen) atoms. The molecule has 0 aromatic heterocycles. The molecule has 0 N–H and O–H groups in total. The number of hydrogen-bond donors (Lipinski definition) is 0. The van der Waals surface area contributed by atoms with Crippen LogP contribution >= 0.6 is 15.9 Å². The first-order chi connectivity index (χ1) is 9.61. The van der Waals surface area contributed by atoms with Crippen LogP contribution in [-0.2, 0) is 14.3 Å². The lowest BCUT2D eigenvalue weighted by Gasteiger charge is -2.05. The van der Waals surface area contributed by atoms with E-state index in [2.05, 4.69) is 15.9 Å². The van der Waals surface area contributed by atoms with Crippen LogP contribution < -0.4 is 4.74 Å². The fraction of sp³-hybridized carbons (Fsp3) is 0.467. The zero-order valence-electron chi connectivity index (χ0n) is 11.6. The second-order valence-electron chi connectivity index (χ2n) is 4.36. The highest BCUT2D eigenvalue weighted by molar-refractivity contribution is 9.10. The number of unbranched alkanes of at least 4 members (excludes halogenated alkanes) is 1. The Bertz CT molecular complexity index is 428. The zero-order chi connectivity index (χ0) is 14.8. The van der Waals surface area contributed by atoms with Gasteiger partial charge in [-0.3, -0.25) is 9.59 Å². The summed E-state index contributed by atoms with van der Waals surface area (Å²) in [5.74, 6) is -0.0905. The molecule has 0 heterocycles. The summed E-state index contributed by atoms with van der Waals surface area (Å²) in [5.41, 5.74) is 0. The van der Waals surface area contributed by atoms with Crippen LogP contribution in [0.3, 0.4) is 0 Å². The van der Waals surface area contributed by atoms with Crippen LogP contribution in [0.5, 0.6) is 5.75 Å². The van der Waals surface area contributed by atoms with Crippen LogP contribution in [0, 0.1) is 0 Å². The van der Waals surface area contributed by atoms with Gasteiger partial charge in [-0.05, 0) is 37.1 Å². The lowest BCUT2D eigenvalue weighted by Crippen LogP contribution is -2.10. The van der Waals surface area contributed by atoms with Gasteiger partial charge in [0, 0.05) is 17.3 Å². The van der Waals surface area contributed by atoms with Gasteiger partial charge in [-0.15, -0.1) is 0 Å². The average Bonchev–Trinajstić information content (AvgIpc) is 2.42. The first kappa shape index (κ1) is 16.7. The van der Waals surface area contributed by atoms with E-state index in [9.17, 15) is 9.59 Å². The third-order valence-electron chi connectivity index (χ3n) is 2.57. The molecule has 0 bridgehead atoms. The molecule has 4 nitrogen and oxygen atoms in total. The van der Waals surface area contributed by atoms with Crippen molar-refractivity contribution < 1.29 is 19.1 Å². The summed E-state index contributed by atoms with van der Waals surface area (Å²) in [6.45, 7) is 2.49. The number of benzene rings is 1. The predicted octanol–water partition coefficient (Wildman–Crippen LogP) is 3.87. The van der Waals surface area contributed by atoms with Crippen molar-refractivity contribution in [3.8, 4) is 5.75 Å². The summed E-state index contributed by atoms with van der Waals surface area (Å²) in [6.07, 6.45) is 2.77. The molecule has 0 amide bonds. The van der Waals surface area contributed by atoms with Crippen LogP contribution in [0.1, 0.15) is 39.0 Å². The number of hydrogen-bond acceptors (Lipinski definition) is 4. The second-order valence-corrected chi connectivity index (χ2v) is 5.27. The minimum atomic E-state index is -0.339. The number of rotatable bonds is 8. The smallest absolute Gasteiger partial charge is 0.311 e. The van der Waals surface area contributed by atoms with Gasteiger partial charge in [-0.25, -0.2) is 0 Å². The van der Waals surface area contributed by atoms with Crippen molar-refractivity contribution >= 4 is 27.9 Å². The molecule has 0 aliphatic carbocycles. The molecule has 1 aromatic carbocycles. The molecule has 0 unspecified atom stereocenters. The minimum absolute atomic E-state index is 0.207. The van der Waals surface area contributed by atoms with E-state index < -0.39 is 0 Å². The van der Waals surface area contributed by atoms with Crippen molar-refractivity contribution in [3.63, 3.8) is 0 Å². The van der Waals surface area contributed by atoms with Gasteiger partial charge in [-0.1, -0.05) is 29.3 Å². The fourth-order valence-electron chi connectivity index (χ4n) is 1.46. The second kappa shape index (κ2) is 9.53. The lowest BCUT2D eigenvalue weighted by atomic mass is 10.2. The fourth-order valence-corrected chi connectivity index (χ4v) is 1.73. The van der Waals surface area contributed by atoms with Gasteiger partial charge in [-0.2, -0.15) is 0 Å². The molecule has 5 heteroatoms. The SMILES string of the molecule is CCCCOC(=O)CCCC(=O)Oc1ccc(Br)cc1. The summed E-state index contributed by atoms with van der Waals surface area (Å²) < 4.78 is 11.1. The van der Waals surface area contributed by atoms with Crippen LogP contribution in [0.15, 0.2) is 28.7 Å². The van der Waals surface area contributed by atoms with Crippen LogP contribution in [0.25, 0.3) is 0 Å². The summed E-state index contributed by atoms with van der Waals surface area (Å²) in [5, 5.41) is 0. The van der Waals surface area contributed by atoms with Crippen LogP contribution in [-0.4, -0.2) is 18.5 Å². The molecule has 0 fully saturated rings. The molecular weight excluding hydrogens is 324 g/mol. The largest absolute Gasteiger partial charge is 0.466 e. The van der Waals surface area contributed by atoms with E-state index in [-0.39, 0.29) is 24.8 Å². The molecule has 110 valence electrons. The highest BCUT2D eigenvalue weighted by Crippen LogP contribution is 2.16. The van der Waals surface area contributed by atoms with E-state index in [1.54, 1.807) is 24.3 Å². The molecule has 0 spiro atoms. The van der Waals surface area contributed by atoms with Gasteiger partial charge in [0.25, 0.3) is 0 Å². The van der Waals surface area contributed by atoms with Gasteiger partial charge >= 0.3 is 11.9 Å². The van der Waals surface area contributed by atoms with Gasteiger partial charge < -0.3 is 9.47 Å². The molecule has 0 atom stereocenters. The third kappa shape index (κ3) is 7.28. The standard InChI is InChI=1S/C15H19BrO4/c1-2-3-11-19-14(17)5-4-6-15(18)20-13-9-7-12(16)8-10-13/h7-10H,2-6,11H2,1H3. The van der Waals surface area contributed by atoms with Gasteiger partial charge in [0.15, 0.2) is 0 Å². The first-order valence-electron chi connectivity index (χ1n) is 6.73. The molecule has 0 aliphatic heterocycles. The Morgan fingerprint density at radius 2 is 1.70 bits per heavy atom. The maximum atomic E-state index is 11.6. The summed E-state index contributed by atoms with van der Waals surface area (Å²) in [7, 11) is 0. The number of ether oxygens (including phenoxy) is 2. The number of halogens is 1. The Morgan fingerprint density at radius 3 is 2.35 bits per heavy atom. The van der Waals surface area contributed by atoms with Gasteiger partial charge in [0.2, 0.25) is 0 Å². The van der Waals surface area contributed by atoms with E-state index in [0.29, 0.717) is 18.8 Å². The maximum absolute atomic E-state index is 11.6. The number of carbonyl (C=O) groups excluding carboxylic acids is 2. The van der Waals surface area contributed by atoms with Crippen molar-refractivity contribution in [1.29, 1.82) is 0 Å². The van der Waals surface area contributed by atoms with Crippen molar-refractivity contribution in [2.24, 2.45) is 0 Å². The van der Waals surface area contributed by atoms with Gasteiger partial charge in [0.1, 0.15) is 5.75 Å². The molecule has 0 saturated heterocycles. The topological polar surface area (TPSA) is 52.6 Å². The summed E-state index contributed by atoms with van der Waals surface area (Å²) >= 11 is 3.30. The van der Waals surface area contributed by atoms with E-state index >= 15 is 0 Å². The number of esters is 2. The van der Waals surface area contributed by atoms with E-state index in [0.717, 1.165) is 17.3 Å². The molecule has 0 radical (unpaired) electrons. The average molecular weight is 343 g/mol.